The Balaban J connectivity index is 1.72. The number of hydrogen-bond acceptors (Lipinski definition) is 4. The van der Waals surface area contributed by atoms with Gasteiger partial charge in [-0.2, -0.15) is 5.10 Å². The van der Waals surface area contributed by atoms with Crippen LogP contribution >= 0.6 is 11.6 Å². The molecule has 0 aliphatic carbocycles. The summed E-state index contributed by atoms with van der Waals surface area (Å²) in [7, 11) is 3.19. The van der Waals surface area contributed by atoms with Crippen LogP contribution in [0.15, 0.2) is 47.7 Å². The van der Waals surface area contributed by atoms with Crippen LogP contribution in [0.3, 0.4) is 0 Å². The maximum atomic E-state index is 12.0. The molecule has 1 aliphatic heterocycles. The smallest absolute Gasteiger partial charge is 0.310 e. The van der Waals surface area contributed by atoms with Crippen LogP contribution in [0.25, 0.3) is 0 Å². The van der Waals surface area contributed by atoms with E-state index in [4.69, 9.17) is 16.3 Å². The van der Waals surface area contributed by atoms with Crippen molar-refractivity contribution in [2.24, 2.45) is 16.8 Å². The van der Waals surface area contributed by atoms with E-state index in [1.165, 1.54) is 7.11 Å². The number of aromatic nitrogens is 2. The van der Waals surface area contributed by atoms with Crippen LogP contribution in [0.1, 0.15) is 18.5 Å². The normalized spacial score (nSPS) is 20.9. The molecule has 8 heteroatoms. The third-order valence-electron chi connectivity index (χ3n) is 5.18. The molecule has 2 aromatic rings. The van der Waals surface area contributed by atoms with Gasteiger partial charge in [0.25, 0.3) is 0 Å². The molecule has 1 aliphatic rings. The first-order valence-electron chi connectivity index (χ1n) is 9.31. The predicted octanol–water partition coefficient (Wildman–Crippen LogP) is 2.44. The van der Waals surface area contributed by atoms with Crippen molar-refractivity contribution in [1.29, 1.82) is 0 Å². The second-order valence-electron chi connectivity index (χ2n) is 6.99. The van der Waals surface area contributed by atoms with Crippen molar-refractivity contribution in [2.75, 3.05) is 33.8 Å². The van der Waals surface area contributed by atoms with Crippen LogP contribution < -0.4 is 5.32 Å². The molecule has 1 fully saturated rings. The summed E-state index contributed by atoms with van der Waals surface area (Å²) in [5.41, 5.74) is 1.10. The third-order valence-corrected chi connectivity index (χ3v) is 5.43. The number of carbonyl (C=O) groups is 1. The van der Waals surface area contributed by atoms with Gasteiger partial charge in [-0.25, -0.2) is 0 Å². The van der Waals surface area contributed by atoms with Crippen LogP contribution in [0.2, 0.25) is 5.02 Å². The van der Waals surface area contributed by atoms with Crippen LogP contribution in [0.5, 0.6) is 0 Å². The largest absolute Gasteiger partial charge is 0.469 e. The number of hydrogen-bond donors (Lipinski definition) is 1. The summed E-state index contributed by atoms with van der Waals surface area (Å²) >= 11 is 6.04. The van der Waals surface area contributed by atoms with Crippen LogP contribution in [0.4, 0.5) is 0 Å². The second kappa shape index (κ2) is 9.10. The van der Waals surface area contributed by atoms with Gasteiger partial charge in [0.15, 0.2) is 5.96 Å². The number of halogens is 1. The van der Waals surface area contributed by atoms with E-state index in [9.17, 15) is 4.79 Å². The summed E-state index contributed by atoms with van der Waals surface area (Å²) in [5, 5.41) is 8.55. The SMILES string of the molecule is CN=C(NCC(c1ccc(Cl)cc1)n1cccn1)N1CC(C)C(C(=O)OC)C1. The Hall–Kier alpha value is -2.54. The molecule has 3 rings (SSSR count). The van der Waals surface area contributed by atoms with E-state index in [0.717, 1.165) is 18.1 Å². The Kier molecular flexibility index (Phi) is 6.57. The Morgan fingerprint density at radius 2 is 2.14 bits per heavy atom. The van der Waals surface area contributed by atoms with E-state index in [-0.39, 0.29) is 23.8 Å². The van der Waals surface area contributed by atoms with Crippen molar-refractivity contribution in [3.05, 3.63) is 53.3 Å². The molecule has 0 amide bonds. The number of rotatable bonds is 5. The molecule has 3 atom stereocenters. The van der Waals surface area contributed by atoms with Crippen molar-refractivity contribution in [1.82, 2.24) is 20.0 Å². The lowest BCUT2D eigenvalue weighted by Gasteiger charge is -2.25. The van der Waals surface area contributed by atoms with E-state index in [0.29, 0.717) is 18.1 Å². The molecule has 0 bridgehead atoms. The maximum absolute atomic E-state index is 12.0. The van der Waals surface area contributed by atoms with Gasteiger partial charge in [-0.3, -0.25) is 14.5 Å². The van der Waals surface area contributed by atoms with Gasteiger partial charge in [-0.15, -0.1) is 0 Å². The van der Waals surface area contributed by atoms with E-state index < -0.39 is 0 Å². The van der Waals surface area contributed by atoms with Gasteiger partial charge >= 0.3 is 5.97 Å². The first-order valence-corrected chi connectivity index (χ1v) is 9.69. The summed E-state index contributed by atoms with van der Waals surface area (Å²) in [6, 6.07) is 9.66. The molecular weight excluding hydrogens is 378 g/mol. The quantitative estimate of drug-likeness (QED) is 0.471. The lowest BCUT2D eigenvalue weighted by atomic mass is 9.99. The zero-order chi connectivity index (χ0) is 20.1. The van der Waals surface area contributed by atoms with E-state index in [1.807, 2.05) is 41.2 Å². The van der Waals surface area contributed by atoms with Crippen LogP contribution in [-0.2, 0) is 9.53 Å². The monoisotopic (exact) mass is 403 g/mol. The number of likely N-dealkylation sites (tertiary alicyclic amines) is 1. The van der Waals surface area contributed by atoms with Crippen molar-refractivity contribution in [2.45, 2.75) is 13.0 Å². The first-order chi connectivity index (χ1) is 13.5. The first kappa shape index (κ1) is 20.2. The van der Waals surface area contributed by atoms with Gasteiger partial charge in [0.1, 0.15) is 0 Å². The molecule has 3 unspecified atom stereocenters. The maximum Gasteiger partial charge on any atom is 0.310 e. The van der Waals surface area contributed by atoms with Gasteiger partial charge in [-0.05, 0) is 29.7 Å². The number of guanidine groups is 1. The molecule has 150 valence electrons. The number of aliphatic imine (C=N–C) groups is 1. The van der Waals surface area contributed by atoms with Gasteiger partial charge in [0.2, 0.25) is 0 Å². The molecule has 1 aromatic heterocycles. The molecule has 7 nitrogen and oxygen atoms in total. The number of benzene rings is 1. The minimum atomic E-state index is -0.166. The number of methoxy groups -OCH3 is 1. The highest BCUT2D eigenvalue weighted by molar-refractivity contribution is 6.30. The molecule has 1 N–H and O–H groups in total. The molecule has 1 saturated heterocycles. The van der Waals surface area contributed by atoms with Crippen LogP contribution in [0, 0.1) is 11.8 Å². The molecule has 28 heavy (non-hydrogen) atoms. The zero-order valence-electron chi connectivity index (χ0n) is 16.4. The lowest BCUT2D eigenvalue weighted by molar-refractivity contribution is -0.145. The molecule has 0 saturated carbocycles. The average Bonchev–Trinajstić information content (AvgIpc) is 3.36. The van der Waals surface area contributed by atoms with E-state index >= 15 is 0 Å². The highest BCUT2D eigenvalue weighted by atomic mass is 35.5. The standard InChI is InChI=1S/C20H26ClN5O2/c1-14-12-25(13-17(14)19(27)28-3)20(22-2)23-11-18(26-10-4-9-24-26)15-5-7-16(21)8-6-15/h4-10,14,17-18H,11-13H2,1-3H3,(H,22,23). The lowest BCUT2D eigenvalue weighted by Crippen LogP contribution is -2.43. The average molecular weight is 404 g/mol. The number of esters is 1. The summed E-state index contributed by atoms with van der Waals surface area (Å²) in [4.78, 5) is 18.5. The summed E-state index contributed by atoms with van der Waals surface area (Å²) in [6.45, 7) is 4.02. The number of nitrogens with zero attached hydrogens (tertiary/aromatic N) is 4. The van der Waals surface area contributed by atoms with Crippen LogP contribution in [-0.4, -0.2) is 60.4 Å². The van der Waals surface area contributed by atoms with Crippen molar-refractivity contribution >= 4 is 23.5 Å². The Bertz CT molecular complexity index is 807. The van der Waals surface area contributed by atoms with Gasteiger partial charge in [-0.1, -0.05) is 30.7 Å². The van der Waals surface area contributed by atoms with Gasteiger partial charge < -0.3 is 15.0 Å². The highest BCUT2D eigenvalue weighted by Crippen LogP contribution is 2.24. The fourth-order valence-electron chi connectivity index (χ4n) is 3.63. The van der Waals surface area contributed by atoms with Crippen molar-refractivity contribution in [3.8, 4) is 0 Å². The van der Waals surface area contributed by atoms with Crippen molar-refractivity contribution in [3.63, 3.8) is 0 Å². The van der Waals surface area contributed by atoms with E-state index in [1.54, 1.807) is 13.2 Å². The summed E-state index contributed by atoms with van der Waals surface area (Å²) in [5.74, 6) is 0.677. The third kappa shape index (κ3) is 4.47. The van der Waals surface area contributed by atoms with Crippen molar-refractivity contribution < 1.29 is 9.53 Å². The zero-order valence-corrected chi connectivity index (χ0v) is 17.1. The second-order valence-corrected chi connectivity index (χ2v) is 7.43. The Morgan fingerprint density at radius 1 is 1.39 bits per heavy atom. The number of carbonyl (C=O) groups excluding carboxylic acids is 1. The molecule has 2 heterocycles. The Labute approximate surface area is 170 Å². The molecule has 1 aromatic carbocycles. The van der Waals surface area contributed by atoms with Gasteiger partial charge in [0.05, 0.1) is 19.1 Å². The molecule has 0 spiro atoms. The molecule has 0 radical (unpaired) electrons. The highest BCUT2D eigenvalue weighted by Gasteiger charge is 2.37. The fourth-order valence-corrected chi connectivity index (χ4v) is 3.76. The Morgan fingerprint density at radius 3 is 2.75 bits per heavy atom. The fraction of sp³-hybridized carbons (Fsp3) is 0.450. The minimum absolute atomic E-state index is 0.0135. The topological polar surface area (TPSA) is 71.8 Å². The van der Waals surface area contributed by atoms with Gasteiger partial charge in [0, 0.05) is 44.1 Å². The number of ether oxygens (including phenoxy) is 1. The summed E-state index contributed by atoms with van der Waals surface area (Å²) in [6.07, 6.45) is 3.70. The number of nitrogens with one attached hydrogen (secondary N) is 1. The molecular formula is C20H26ClN5O2. The predicted molar refractivity (Wildman–Crippen MR) is 109 cm³/mol. The summed E-state index contributed by atoms with van der Waals surface area (Å²) < 4.78 is 6.84. The minimum Gasteiger partial charge on any atom is -0.469 e. The van der Waals surface area contributed by atoms with E-state index in [2.05, 4.69) is 27.2 Å².